The molecule has 0 amide bonds. The van der Waals surface area contributed by atoms with E-state index in [-0.39, 0.29) is 11.5 Å². The molecule has 0 fully saturated rings. The lowest BCUT2D eigenvalue weighted by Crippen LogP contribution is -2.05. The Hall–Kier alpha value is -0.680. The molecule has 0 bridgehead atoms. The number of methoxy groups -OCH3 is 1. The van der Waals surface area contributed by atoms with E-state index in [0.29, 0.717) is 0 Å². The van der Waals surface area contributed by atoms with E-state index in [0.717, 1.165) is 5.55 Å². The third-order valence-electron chi connectivity index (χ3n) is 1.07. The van der Waals surface area contributed by atoms with Gasteiger partial charge >= 0.3 is 0 Å². The first kappa shape index (κ1) is 7.43. The van der Waals surface area contributed by atoms with Crippen LogP contribution >= 0.6 is 0 Å². The number of sulfone groups is 1. The summed E-state index contributed by atoms with van der Waals surface area (Å²) in [5.74, 6) is 0. The van der Waals surface area contributed by atoms with Crippen LogP contribution in [0.15, 0.2) is 16.1 Å². The molecular formula is C5H7NO3S. The van der Waals surface area contributed by atoms with Crippen LogP contribution in [0, 0.1) is 0 Å². The first-order valence-corrected chi connectivity index (χ1v) is 4.18. The molecule has 1 rings (SSSR count). The highest BCUT2D eigenvalue weighted by molar-refractivity contribution is 8.08. The molecule has 0 saturated carbocycles. The van der Waals surface area contributed by atoms with Crippen LogP contribution in [0.4, 0.5) is 0 Å². The van der Waals surface area contributed by atoms with Crippen LogP contribution < -0.4 is 0 Å². The summed E-state index contributed by atoms with van der Waals surface area (Å²) in [6.07, 6.45) is 1.29. The van der Waals surface area contributed by atoms with Gasteiger partial charge in [-0.05, 0) is 0 Å². The van der Waals surface area contributed by atoms with E-state index in [1.807, 2.05) is 0 Å². The average Bonchev–Trinajstić information content (AvgIpc) is 2.13. The quantitative estimate of drug-likeness (QED) is 0.569. The third kappa shape index (κ3) is 1.25. The fraction of sp³-hybridized carbons (Fsp3) is 0.400. The number of nitrogens with zero attached hydrogens (tertiary/aromatic N) is 1. The highest BCUT2D eigenvalue weighted by atomic mass is 32.2. The highest BCUT2D eigenvalue weighted by Crippen LogP contribution is 2.10. The molecule has 0 aliphatic carbocycles. The molecule has 0 N–H and O–H groups in total. The molecule has 0 aromatic carbocycles. The summed E-state index contributed by atoms with van der Waals surface area (Å²) in [4.78, 5) is 3.70. The molecule has 56 valence electrons. The molecule has 0 atom stereocenters. The lowest BCUT2D eigenvalue weighted by molar-refractivity contribution is 0.230. The van der Waals surface area contributed by atoms with Crippen molar-refractivity contribution in [3.05, 3.63) is 11.1 Å². The fourth-order valence-corrected chi connectivity index (χ4v) is 1.44. The molecule has 10 heavy (non-hydrogen) atoms. The van der Waals surface area contributed by atoms with E-state index in [9.17, 15) is 8.42 Å². The Kier molecular flexibility index (Phi) is 1.87. The zero-order chi connectivity index (χ0) is 7.61. The van der Waals surface area contributed by atoms with Crippen LogP contribution in [0.1, 0.15) is 0 Å². The molecule has 1 heterocycles. The van der Waals surface area contributed by atoms with Gasteiger partial charge in [-0.1, -0.05) is 0 Å². The second kappa shape index (κ2) is 2.51. The van der Waals surface area contributed by atoms with Crippen LogP contribution in [-0.2, 0) is 14.6 Å². The predicted molar refractivity (Wildman–Crippen MR) is 37.4 cm³/mol. The van der Waals surface area contributed by atoms with Crippen molar-refractivity contribution in [3.8, 4) is 0 Å². The van der Waals surface area contributed by atoms with Gasteiger partial charge in [0, 0.05) is 13.3 Å². The zero-order valence-corrected chi connectivity index (χ0v) is 6.26. The summed E-state index contributed by atoms with van der Waals surface area (Å²) in [7, 11) is -1.77. The van der Waals surface area contributed by atoms with Gasteiger partial charge in [0.2, 0.25) is 9.84 Å². The van der Waals surface area contributed by atoms with E-state index < -0.39 is 9.84 Å². The van der Waals surface area contributed by atoms with Crippen molar-refractivity contribution in [3.63, 3.8) is 0 Å². The van der Waals surface area contributed by atoms with E-state index in [1.165, 1.54) is 13.3 Å². The van der Waals surface area contributed by atoms with Crippen LogP contribution in [0.2, 0.25) is 0 Å². The Morgan fingerprint density at radius 3 is 2.80 bits per heavy atom. The van der Waals surface area contributed by atoms with Gasteiger partial charge in [0.15, 0.2) is 0 Å². The van der Waals surface area contributed by atoms with Gasteiger partial charge in [-0.2, -0.15) is 0 Å². The summed E-state index contributed by atoms with van der Waals surface area (Å²) in [5, 5.41) is 0. The second-order valence-corrected chi connectivity index (χ2v) is 3.65. The van der Waals surface area contributed by atoms with Gasteiger partial charge in [-0.25, -0.2) is 8.42 Å². The van der Waals surface area contributed by atoms with Gasteiger partial charge in [0.25, 0.3) is 0 Å². The standard InChI is InChI=1S/C5H7NO3S/c1-9-3-5-2-6-4-10(5,7)8/h2,4H,3H2,1H3. The summed E-state index contributed by atoms with van der Waals surface area (Å²) < 4.78 is 26.3. The Morgan fingerprint density at radius 1 is 1.70 bits per heavy atom. The summed E-state index contributed by atoms with van der Waals surface area (Å²) in [6, 6.07) is 0. The monoisotopic (exact) mass is 161 g/mol. The van der Waals surface area contributed by atoms with E-state index >= 15 is 0 Å². The van der Waals surface area contributed by atoms with Crippen molar-refractivity contribution in [2.45, 2.75) is 0 Å². The van der Waals surface area contributed by atoms with Gasteiger partial charge in [-0.15, -0.1) is 0 Å². The highest BCUT2D eigenvalue weighted by Gasteiger charge is 2.18. The maximum absolute atomic E-state index is 10.9. The molecule has 0 radical (unpaired) electrons. The molecule has 1 aliphatic rings. The fourth-order valence-electron chi connectivity index (χ4n) is 0.597. The van der Waals surface area contributed by atoms with Crippen LogP contribution in [0.25, 0.3) is 0 Å². The molecule has 5 heteroatoms. The molecule has 4 nitrogen and oxygen atoms in total. The zero-order valence-electron chi connectivity index (χ0n) is 5.44. The van der Waals surface area contributed by atoms with E-state index in [2.05, 4.69) is 9.73 Å². The predicted octanol–water partition coefficient (Wildman–Crippen LogP) is -0.0691. The number of rotatable bonds is 2. The van der Waals surface area contributed by atoms with Crippen molar-refractivity contribution in [2.24, 2.45) is 4.99 Å². The summed E-state index contributed by atoms with van der Waals surface area (Å²) in [6.45, 7) is 0.0995. The van der Waals surface area contributed by atoms with Gasteiger partial charge < -0.3 is 4.74 Å². The van der Waals surface area contributed by atoms with Crippen molar-refractivity contribution in [2.75, 3.05) is 13.7 Å². The molecule has 0 aromatic rings. The average molecular weight is 161 g/mol. The maximum atomic E-state index is 10.9. The first-order valence-electron chi connectivity index (χ1n) is 2.63. The van der Waals surface area contributed by atoms with Gasteiger partial charge in [0.1, 0.15) is 5.55 Å². The molecule has 0 aromatic heterocycles. The lowest BCUT2D eigenvalue weighted by atomic mass is 10.6. The van der Waals surface area contributed by atoms with Gasteiger partial charge in [0.05, 0.1) is 11.5 Å². The van der Waals surface area contributed by atoms with Crippen LogP contribution in [-0.4, -0.2) is 27.7 Å². The number of hydrogen-bond acceptors (Lipinski definition) is 4. The van der Waals surface area contributed by atoms with Crippen molar-refractivity contribution < 1.29 is 13.2 Å². The number of ether oxygens (including phenoxy) is 1. The Labute approximate surface area is 59.1 Å². The molecule has 0 saturated heterocycles. The molecule has 1 aliphatic heterocycles. The minimum Gasteiger partial charge on any atom is -0.379 e. The largest absolute Gasteiger partial charge is 0.379 e. The minimum absolute atomic E-state index is 0.0995. The van der Waals surface area contributed by atoms with Gasteiger partial charge in [-0.3, -0.25) is 4.99 Å². The van der Waals surface area contributed by atoms with Crippen LogP contribution in [0.3, 0.4) is 0 Å². The second-order valence-electron chi connectivity index (χ2n) is 1.83. The van der Waals surface area contributed by atoms with Crippen molar-refractivity contribution in [1.82, 2.24) is 0 Å². The first-order chi connectivity index (χ1) is 4.67. The molecule has 0 unspecified atom stereocenters. The molecular weight excluding hydrogens is 154 g/mol. The Balaban J connectivity index is 2.84. The maximum Gasteiger partial charge on any atom is 0.216 e. The summed E-state index contributed by atoms with van der Waals surface area (Å²) >= 11 is 0. The normalized spacial score (nSPS) is 21.1. The lowest BCUT2D eigenvalue weighted by Gasteiger charge is -1.95. The van der Waals surface area contributed by atoms with Crippen molar-refractivity contribution >= 4 is 15.4 Å². The number of aliphatic imine (C=N–C) groups is 1. The van der Waals surface area contributed by atoms with E-state index in [4.69, 9.17) is 0 Å². The topological polar surface area (TPSA) is 55.7 Å². The minimum atomic E-state index is -3.20. The Morgan fingerprint density at radius 2 is 2.40 bits per heavy atom. The van der Waals surface area contributed by atoms with Crippen molar-refractivity contribution in [1.29, 1.82) is 0 Å². The van der Waals surface area contributed by atoms with Crippen LogP contribution in [0.5, 0.6) is 0 Å². The Bertz CT molecular complexity index is 275. The van der Waals surface area contributed by atoms with E-state index in [1.54, 1.807) is 0 Å². The smallest absolute Gasteiger partial charge is 0.216 e. The SMILES string of the molecule is COCC1=CN=CS1(=O)=O. The number of hydrogen-bond donors (Lipinski definition) is 0. The summed E-state index contributed by atoms with van der Waals surface area (Å²) in [5.41, 5.74) is 0.918. The third-order valence-corrected chi connectivity index (χ3v) is 2.42. The molecule has 0 spiro atoms.